The molecule has 8 aromatic carbocycles. The smallest absolute Gasteiger partial charge is 0.161 e. The zero-order valence-corrected chi connectivity index (χ0v) is 32.9. The summed E-state index contributed by atoms with van der Waals surface area (Å²) in [5.74, 6) is 0.664. The first-order valence-corrected chi connectivity index (χ1v) is 20.3. The number of aliphatic imine (C=N–C) groups is 1. The highest BCUT2D eigenvalue weighted by atomic mass is 15.1. The standard InChI is InChI=1S/C56H40N4/c1-6-20-39(21-7-1)45-30-16-18-32-47(45)50-36-44(34-35-49(50)56-59-53(42-26-12-4-13-27-42)38-54(60-56)43-28-14-5-15-29-43)46-31-17-19-33-48(46)55-57-51(40-22-8-2-9-23-40)37-52(58-55)41-24-10-3-11-25-41/h1-38,55,57H. The Hall–Kier alpha value is -7.95. The number of nitrogens with one attached hydrogen (secondary N) is 1. The molecule has 0 saturated carbocycles. The van der Waals surface area contributed by atoms with Gasteiger partial charge in [-0.1, -0.05) is 206 Å². The van der Waals surface area contributed by atoms with Crippen LogP contribution in [0.2, 0.25) is 0 Å². The number of benzene rings is 8. The van der Waals surface area contributed by atoms with Gasteiger partial charge in [-0.2, -0.15) is 0 Å². The molecule has 0 radical (unpaired) electrons. The Labute approximate surface area is 351 Å². The van der Waals surface area contributed by atoms with Gasteiger partial charge in [0.25, 0.3) is 0 Å². The predicted octanol–water partition coefficient (Wildman–Crippen LogP) is 13.6. The van der Waals surface area contributed by atoms with Crippen LogP contribution in [0.3, 0.4) is 0 Å². The molecular weight excluding hydrogens is 729 g/mol. The van der Waals surface area contributed by atoms with E-state index in [-0.39, 0.29) is 6.17 Å². The fourth-order valence-electron chi connectivity index (χ4n) is 8.03. The normalized spacial score (nSPS) is 13.5. The van der Waals surface area contributed by atoms with E-state index in [0.29, 0.717) is 5.82 Å². The van der Waals surface area contributed by atoms with E-state index < -0.39 is 0 Å². The molecule has 4 nitrogen and oxygen atoms in total. The summed E-state index contributed by atoms with van der Waals surface area (Å²) in [6, 6.07) is 78.3. The van der Waals surface area contributed by atoms with E-state index in [0.717, 1.165) is 89.6 Å². The summed E-state index contributed by atoms with van der Waals surface area (Å²) in [7, 11) is 0. The summed E-state index contributed by atoms with van der Waals surface area (Å²) in [5, 5.41) is 3.81. The highest BCUT2D eigenvalue weighted by Crippen LogP contribution is 2.42. The minimum Gasteiger partial charge on any atom is -0.359 e. The van der Waals surface area contributed by atoms with Crippen molar-refractivity contribution in [1.82, 2.24) is 15.3 Å². The average molecular weight is 769 g/mol. The third-order valence-corrected chi connectivity index (χ3v) is 11.0. The van der Waals surface area contributed by atoms with Crippen molar-refractivity contribution in [3.8, 4) is 67.3 Å². The van der Waals surface area contributed by atoms with Crippen LogP contribution in [0.5, 0.6) is 0 Å². The lowest BCUT2D eigenvalue weighted by Gasteiger charge is -2.27. The van der Waals surface area contributed by atoms with E-state index in [9.17, 15) is 0 Å². The highest BCUT2D eigenvalue weighted by molar-refractivity contribution is 6.13. The topological polar surface area (TPSA) is 50.2 Å². The fourth-order valence-corrected chi connectivity index (χ4v) is 8.03. The molecule has 2 heterocycles. The van der Waals surface area contributed by atoms with E-state index in [4.69, 9.17) is 15.0 Å². The van der Waals surface area contributed by atoms with Crippen LogP contribution in [-0.4, -0.2) is 15.7 Å². The predicted molar refractivity (Wildman–Crippen MR) is 248 cm³/mol. The van der Waals surface area contributed by atoms with Crippen molar-refractivity contribution in [2.45, 2.75) is 6.17 Å². The molecule has 1 N–H and O–H groups in total. The molecule has 284 valence electrons. The first kappa shape index (κ1) is 36.4. The van der Waals surface area contributed by atoms with Gasteiger partial charge in [0.2, 0.25) is 0 Å². The molecule has 0 amide bonds. The number of rotatable bonds is 9. The third kappa shape index (κ3) is 7.46. The number of allylic oxidation sites excluding steroid dienone is 1. The van der Waals surface area contributed by atoms with Gasteiger partial charge in [0.1, 0.15) is 6.17 Å². The lowest BCUT2D eigenvalue weighted by Crippen LogP contribution is -2.25. The lowest BCUT2D eigenvalue weighted by molar-refractivity contribution is 0.665. The Bertz CT molecular complexity index is 2920. The van der Waals surface area contributed by atoms with E-state index >= 15 is 0 Å². The molecule has 0 bridgehead atoms. The summed E-state index contributed by atoms with van der Waals surface area (Å²) >= 11 is 0. The number of nitrogens with zero attached hydrogens (tertiary/aromatic N) is 3. The van der Waals surface area contributed by atoms with Crippen LogP contribution in [0.25, 0.3) is 73.0 Å². The Morgan fingerprint density at radius 3 is 1.42 bits per heavy atom. The minimum absolute atomic E-state index is 0.337. The molecule has 10 rings (SSSR count). The zero-order valence-electron chi connectivity index (χ0n) is 32.9. The van der Waals surface area contributed by atoms with Gasteiger partial charge < -0.3 is 5.32 Å². The minimum atomic E-state index is -0.337. The number of aromatic nitrogens is 2. The van der Waals surface area contributed by atoms with Gasteiger partial charge >= 0.3 is 0 Å². The average Bonchev–Trinajstić information content (AvgIpc) is 3.35. The second kappa shape index (κ2) is 16.5. The summed E-state index contributed by atoms with van der Waals surface area (Å²) < 4.78 is 0. The molecule has 9 aromatic rings. The molecule has 4 heteroatoms. The van der Waals surface area contributed by atoms with Crippen LogP contribution in [0.15, 0.2) is 236 Å². The van der Waals surface area contributed by atoms with Crippen molar-refractivity contribution in [3.05, 3.63) is 247 Å². The maximum absolute atomic E-state index is 5.37. The monoisotopic (exact) mass is 768 g/mol. The van der Waals surface area contributed by atoms with E-state index in [2.05, 4.69) is 218 Å². The van der Waals surface area contributed by atoms with Gasteiger partial charge in [-0.25, -0.2) is 9.97 Å². The Kier molecular flexibility index (Phi) is 10.0. The molecule has 60 heavy (non-hydrogen) atoms. The van der Waals surface area contributed by atoms with Crippen molar-refractivity contribution < 1.29 is 0 Å². The molecule has 0 saturated heterocycles. The van der Waals surface area contributed by atoms with E-state index in [1.807, 2.05) is 18.2 Å². The van der Waals surface area contributed by atoms with Crippen LogP contribution in [0, 0.1) is 0 Å². The van der Waals surface area contributed by atoms with Crippen LogP contribution in [0.4, 0.5) is 0 Å². The maximum Gasteiger partial charge on any atom is 0.161 e. The highest BCUT2D eigenvalue weighted by Gasteiger charge is 2.24. The second-order valence-corrected chi connectivity index (χ2v) is 14.8. The van der Waals surface area contributed by atoms with E-state index in [1.54, 1.807) is 0 Å². The Balaban J connectivity index is 1.17. The quantitative estimate of drug-likeness (QED) is 0.159. The Morgan fingerprint density at radius 2 is 0.817 bits per heavy atom. The zero-order chi connectivity index (χ0) is 40.1. The van der Waals surface area contributed by atoms with Crippen molar-refractivity contribution in [3.63, 3.8) is 0 Å². The molecule has 0 aliphatic carbocycles. The Morgan fingerprint density at radius 1 is 0.333 bits per heavy atom. The largest absolute Gasteiger partial charge is 0.359 e. The van der Waals surface area contributed by atoms with Crippen LogP contribution < -0.4 is 5.32 Å². The molecule has 1 atom stereocenters. The van der Waals surface area contributed by atoms with Crippen molar-refractivity contribution in [1.29, 1.82) is 0 Å². The molecule has 0 fully saturated rings. The van der Waals surface area contributed by atoms with Gasteiger partial charge in [0, 0.05) is 28.0 Å². The summed E-state index contributed by atoms with van der Waals surface area (Å²) in [5.41, 5.74) is 16.6. The van der Waals surface area contributed by atoms with Crippen LogP contribution in [0.1, 0.15) is 22.9 Å². The third-order valence-electron chi connectivity index (χ3n) is 11.0. The lowest BCUT2D eigenvalue weighted by atomic mass is 9.88. The summed E-state index contributed by atoms with van der Waals surface area (Å²) in [6.07, 6.45) is 1.82. The number of hydrogen-bond donors (Lipinski definition) is 1. The molecule has 1 aliphatic rings. The van der Waals surface area contributed by atoms with Crippen molar-refractivity contribution >= 4 is 11.4 Å². The van der Waals surface area contributed by atoms with Gasteiger partial charge in [-0.3, -0.25) is 4.99 Å². The van der Waals surface area contributed by atoms with Crippen LogP contribution >= 0.6 is 0 Å². The first-order chi connectivity index (χ1) is 29.7. The summed E-state index contributed by atoms with van der Waals surface area (Å²) in [4.78, 5) is 16.0. The first-order valence-electron chi connectivity index (χ1n) is 20.3. The SMILES string of the molecule is C1=C(c2ccccc2)NC(c2ccccc2-c2ccc(-c3nc(-c4ccccc4)cc(-c4ccccc4)n3)c(-c3ccccc3-c3ccccc3)c2)N=C1c1ccccc1. The molecule has 1 aliphatic heterocycles. The van der Waals surface area contributed by atoms with E-state index in [1.165, 1.54) is 0 Å². The summed E-state index contributed by atoms with van der Waals surface area (Å²) in [6.45, 7) is 0. The molecule has 1 aromatic heterocycles. The van der Waals surface area contributed by atoms with Crippen molar-refractivity contribution in [2.24, 2.45) is 4.99 Å². The molecular formula is C56H40N4. The van der Waals surface area contributed by atoms with Gasteiger partial charge in [0.15, 0.2) is 5.82 Å². The van der Waals surface area contributed by atoms with Gasteiger partial charge in [-0.15, -0.1) is 0 Å². The van der Waals surface area contributed by atoms with Gasteiger partial charge in [-0.05, 0) is 68.8 Å². The molecule has 0 spiro atoms. The maximum atomic E-state index is 5.37. The van der Waals surface area contributed by atoms with Crippen LogP contribution in [-0.2, 0) is 0 Å². The van der Waals surface area contributed by atoms with Crippen molar-refractivity contribution in [2.75, 3.05) is 0 Å². The molecule has 1 unspecified atom stereocenters. The van der Waals surface area contributed by atoms with Gasteiger partial charge in [0.05, 0.1) is 17.1 Å². The second-order valence-electron chi connectivity index (χ2n) is 14.8. The fraction of sp³-hybridized carbons (Fsp3) is 0.0179. The number of hydrogen-bond acceptors (Lipinski definition) is 4.